The monoisotopic (exact) mass is 295 g/mol. The van der Waals surface area contributed by atoms with Gasteiger partial charge in [0.15, 0.2) is 0 Å². The van der Waals surface area contributed by atoms with Crippen molar-refractivity contribution in [3.05, 3.63) is 81.9 Å². The van der Waals surface area contributed by atoms with Crippen LogP contribution in [0.2, 0.25) is 0 Å². The SMILES string of the molecule is O=[N+]([O-])C[C@H](C[C@@H](O)C#Cc1ccccc1)c1ccccc1. The standard InChI is InChI=1S/C18H17NO3/c20-18(12-11-15-7-3-1-4-8-15)13-17(14-19(21)22)16-9-5-2-6-10-16/h1-10,17-18,20H,13-14H2/t17-,18-/m0/s1. The molecule has 0 heterocycles. The third-order valence-electron chi connectivity index (χ3n) is 3.31. The van der Waals surface area contributed by atoms with Crippen molar-refractivity contribution in [1.29, 1.82) is 0 Å². The summed E-state index contributed by atoms with van der Waals surface area (Å²) in [6, 6.07) is 18.6. The van der Waals surface area contributed by atoms with Crippen LogP contribution in [0.25, 0.3) is 0 Å². The second kappa shape index (κ2) is 7.96. The Labute approximate surface area is 129 Å². The summed E-state index contributed by atoms with van der Waals surface area (Å²) in [4.78, 5) is 10.5. The molecule has 2 aromatic carbocycles. The van der Waals surface area contributed by atoms with Crippen LogP contribution in [-0.4, -0.2) is 22.7 Å². The van der Waals surface area contributed by atoms with Crippen LogP contribution in [0.5, 0.6) is 0 Å². The lowest BCUT2D eigenvalue weighted by Gasteiger charge is -2.14. The van der Waals surface area contributed by atoms with E-state index in [1.54, 1.807) is 0 Å². The largest absolute Gasteiger partial charge is 0.380 e. The van der Waals surface area contributed by atoms with E-state index in [1.807, 2.05) is 60.7 Å². The second-order valence-electron chi connectivity index (χ2n) is 5.01. The van der Waals surface area contributed by atoms with Gasteiger partial charge in [-0.25, -0.2) is 0 Å². The van der Waals surface area contributed by atoms with Gasteiger partial charge in [-0.1, -0.05) is 60.4 Å². The van der Waals surface area contributed by atoms with Gasteiger partial charge in [-0.2, -0.15) is 0 Å². The van der Waals surface area contributed by atoms with Crippen LogP contribution in [0.15, 0.2) is 60.7 Å². The van der Waals surface area contributed by atoms with Crippen LogP contribution in [0.4, 0.5) is 0 Å². The highest BCUT2D eigenvalue weighted by Gasteiger charge is 2.20. The fourth-order valence-corrected chi connectivity index (χ4v) is 2.24. The van der Waals surface area contributed by atoms with E-state index in [0.29, 0.717) is 0 Å². The maximum atomic E-state index is 10.8. The molecule has 0 saturated heterocycles. The van der Waals surface area contributed by atoms with Gasteiger partial charge in [0.1, 0.15) is 6.10 Å². The van der Waals surface area contributed by atoms with E-state index in [9.17, 15) is 15.2 Å². The van der Waals surface area contributed by atoms with Gasteiger partial charge in [-0.05, 0) is 24.1 Å². The molecule has 2 atom stereocenters. The lowest BCUT2D eigenvalue weighted by molar-refractivity contribution is -0.483. The van der Waals surface area contributed by atoms with E-state index in [4.69, 9.17) is 0 Å². The summed E-state index contributed by atoms with van der Waals surface area (Å²) in [5, 5.41) is 20.9. The molecule has 0 aliphatic heterocycles. The molecule has 4 heteroatoms. The van der Waals surface area contributed by atoms with Gasteiger partial charge < -0.3 is 5.11 Å². The lowest BCUT2D eigenvalue weighted by Crippen LogP contribution is -2.18. The number of aliphatic hydroxyl groups excluding tert-OH is 1. The van der Waals surface area contributed by atoms with Crippen molar-refractivity contribution in [3.63, 3.8) is 0 Å². The first kappa shape index (κ1) is 15.7. The Morgan fingerprint density at radius 2 is 1.64 bits per heavy atom. The van der Waals surface area contributed by atoms with Gasteiger partial charge in [-0.15, -0.1) is 0 Å². The van der Waals surface area contributed by atoms with Crippen LogP contribution >= 0.6 is 0 Å². The minimum atomic E-state index is -0.898. The molecule has 0 spiro atoms. The quantitative estimate of drug-likeness (QED) is 0.524. The van der Waals surface area contributed by atoms with E-state index in [0.717, 1.165) is 11.1 Å². The Balaban J connectivity index is 2.07. The van der Waals surface area contributed by atoms with Crippen molar-refractivity contribution >= 4 is 0 Å². The number of nitro groups is 1. The molecule has 0 saturated carbocycles. The predicted molar refractivity (Wildman–Crippen MR) is 85.0 cm³/mol. The highest BCUT2D eigenvalue weighted by molar-refractivity contribution is 5.34. The molecule has 0 aromatic heterocycles. The van der Waals surface area contributed by atoms with Crippen LogP contribution < -0.4 is 0 Å². The Hall–Kier alpha value is -2.64. The molecule has 0 aliphatic carbocycles. The predicted octanol–water partition coefficient (Wildman–Crippen LogP) is 2.85. The molecule has 2 aromatic rings. The number of hydrogen-bond donors (Lipinski definition) is 1. The zero-order valence-corrected chi connectivity index (χ0v) is 12.1. The van der Waals surface area contributed by atoms with E-state index in [-0.39, 0.29) is 23.8 Å². The maximum Gasteiger partial charge on any atom is 0.210 e. The zero-order chi connectivity index (χ0) is 15.8. The first-order valence-corrected chi connectivity index (χ1v) is 7.06. The van der Waals surface area contributed by atoms with Gasteiger partial charge in [-0.3, -0.25) is 10.1 Å². The molecule has 2 rings (SSSR count). The molecule has 1 N–H and O–H groups in total. The summed E-state index contributed by atoms with van der Waals surface area (Å²) in [7, 11) is 0. The Bertz CT molecular complexity index is 659. The number of benzene rings is 2. The third-order valence-corrected chi connectivity index (χ3v) is 3.31. The molecule has 112 valence electrons. The zero-order valence-electron chi connectivity index (χ0n) is 12.1. The summed E-state index contributed by atoms with van der Waals surface area (Å²) in [5.41, 5.74) is 1.66. The van der Waals surface area contributed by atoms with Crippen molar-refractivity contribution in [1.82, 2.24) is 0 Å². The van der Waals surface area contributed by atoms with E-state index < -0.39 is 6.10 Å². The molecule has 0 bridgehead atoms. The minimum Gasteiger partial charge on any atom is -0.380 e. The third kappa shape index (κ3) is 5.04. The Morgan fingerprint density at radius 3 is 2.23 bits per heavy atom. The smallest absolute Gasteiger partial charge is 0.210 e. The average molecular weight is 295 g/mol. The number of hydrogen-bond acceptors (Lipinski definition) is 3. The fraction of sp³-hybridized carbons (Fsp3) is 0.222. The summed E-state index contributed by atoms with van der Waals surface area (Å²) < 4.78 is 0. The van der Waals surface area contributed by atoms with E-state index in [1.165, 1.54) is 0 Å². The first-order valence-electron chi connectivity index (χ1n) is 7.06. The number of rotatable bonds is 5. The van der Waals surface area contributed by atoms with Crippen molar-refractivity contribution < 1.29 is 10.0 Å². The van der Waals surface area contributed by atoms with Gasteiger partial charge in [0.2, 0.25) is 6.54 Å². The maximum absolute atomic E-state index is 10.8. The van der Waals surface area contributed by atoms with Crippen molar-refractivity contribution in [2.75, 3.05) is 6.54 Å². The normalized spacial score (nSPS) is 12.8. The number of nitrogens with zero attached hydrogens (tertiary/aromatic N) is 1. The van der Waals surface area contributed by atoms with Gasteiger partial charge in [0, 0.05) is 10.5 Å². The summed E-state index contributed by atoms with van der Waals surface area (Å²) in [5.74, 6) is 5.29. The lowest BCUT2D eigenvalue weighted by atomic mass is 9.93. The molecule has 22 heavy (non-hydrogen) atoms. The van der Waals surface area contributed by atoms with Crippen molar-refractivity contribution in [2.24, 2.45) is 0 Å². The van der Waals surface area contributed by atoms with Crippen molar-refractivity contribution in [3.8, 4) is 11.8 Å². The molecule has 0 radical (unpaired) electrons. The van der Waals surface area contributed by atoms with Crippen LogP contribution in [0, 0.1) is 22.0 Å². The van der Waals surface area contributed by atoms with Crippen LogP contribution in [0.3, 0.4) is 0 Å². The highest BCUT2D eigenvalue weighted by Crippen LogP contribution is 2.21. The van der Waals surface area contributed by atoms with Crippen LogP contribution in [0.1, 0.15) is 23.5 Å². The van der Waals surface area contributed by atoms with Gasteiger partial charge >= 0.3 is 0 Å². The Morgan fingerprint density at radius 1 is 1.05 bits per heavy atom. The molecular weight excluding hydrogens is 278 g/mol. The number of aliphatic hydroxyl groups is 1. The molecular formula is C18H17NO3. The minimum absolute atomic E-state index is 0.214. The van der Waals surface area contributed by atoms with Gasteiger partial charge in [0.25, 0.3) is 0 Å². The van der Waals surface area contributed by atoms with Crippen molar-refractivity contribution in [2.45, 2.75) is 18.4 Å². The van der Waals surface area contributed by atoms with Gasteiger partial charge in [0.05, 0.1) is 5.92 Å². The summed E-state index contributed by atoms with van der Waals surface area (Å²) in [6.45, 7) is -0.214. The molecule has 4 nitrogen and oxygen atoms in total. The fourth-order valence-electron chi connectivity index (χ4n) is 2.24. The summed E-state index contributed by atoms with van der Waals surface area (Å²) in [6.07, 6.45) is -0.657. The average Bonchev–Trinajstić information content (AvgIpc) is 2.54. The topological polar surface area (TPSA) is 63.4 Å². The molecule has 0 amide bonds. The van der Waals surface area contributed by atoms with Crippen LogP contribution in [-0.2, 0) is 0 Å². The molecule has 0 unspecified atom stereocenters. The highest BCUT2D eigenvalue weighted by atomic mass is 16.6. The molecule has 0 aliphatic rings. The van der Waals surface area contributed by atoms with E-state index >= 15 is 0 Å². The second-order valence-corrected chi connectivity index (χ2v) is 5.01. The first-order chi connectivity index (χ1) is 10.6. The Kier molecular flexibility index (Phi) is 5.70. The van der Waals surface area contributed by atoms with E-state index in [2.05, 4.69) is 11.8 Å². The molecule has 0 fully saturated rings. The summed E-state index contributed by atoms with van der Waals surface area (Å²) >= 11 is 0.